The first-order valence-corrected chi connectivity index (χ1v) is 7.26. The lowest BCUT2D eigenvalue weighted by atomic mass is 9.95. The molecule has 2 aromatic rings. The van der Waals surface area contributed by atoms with E-state index in [0.29, 0.717) is 11.5 Å². The summed E-state index contributed by atoms with van der Waals surface area (Å²) in [5.41, 5.74) is 3.28. The molecule has 7 nitrogen and oxygen atoms in total. The number of methoxy groups -OCH3 is 1. The maximum atomic E-state index is 12.3. The second-order valence-corrected chi connectivity index (χ2v) is 5.57. The summed E-state index contributed by atoms with van der Waals surface area (Å²) >= 11 is 0. The molecule has 0 aliphatic carbocycles. The predicted molar refractivity (Wildman–Crippen MR) is 87.3 cm³/mol. The van der Waals surface area contributed by atoms with Crippen LogP contribution in [0.1, 0.15) is 18.5 Å². The summed E-state index contributed by atoms with van der Waals surface area (Å²) in [6, 6.07) is 7.65. The van der Waals surface area contributed by atoms with E-state index < -0.39 is 0 Å². The largest absolute Gasteiger partial charge is 0.466 e. The average molecular weight is 313 g/mol. The maximum Gasteiger partial charge on any atom is 0.338 e. The number of carbonyl (C=O) groups excluding carboxylic acids is 1. The van der Waals surface area contributed by atoms with Crippen molar-refractivity contribution < 1.29 is 9.53 Å². The third-order valence-electron chi connectivity index (χ3n) is 3.92. The fraction of sp³-hybridized carbons (Fsp3) is 0.312. The molecular formula is C16H19N5O2. The minimum Gasteiger partial charge on any atom is -0.466 e. The van der Waals surface area contributed by atoms with E-state index in [4.69, 9.17) is 4.74 Å². The van der Waals surface area contributed by atoms with Gasteiger partial charge in [0, 0.05) is 25.5 Å². The monoisotopic (exact) mass is 313 g/mol. The molecule has 120 valence electrons. The topological polar surface area (TPSA) is 72.3 Å². The molecule has 0 spiro atoms. The van der Waals surface area contributed by atoms with Crippen LogP contribution in [-0.2, 0) is 9.53 Å². The second kappa shape index (κ2) is 5.75. The highest BCUT2D eigenvalue weighted by molar-refractivity contribution is 5.92. The van der Waals surface area contributed by atoms with Crippen molar-refractivity contribution in [1.82, 2.24) is 14.8 Å². The fourth-order valence-electron chi connectivity index (χ4n) is 2.73. The highest BCUT2D eigenvalue weighted by Crippen LogP contribution is 2.35. The maximum absolute atomic E-state index is 12.3. The fourth-order valence-corrected chi connectivity index (χ4v) is 2.73. The number of allylic oxidation sites excluding steroid dienone is 1. The molecular weight excluding hydrogens is 294 g/mol. The Hall–Kier alpha value is -2.83. The molecule has 0 saturated heterocycles. The number of rotatable bonds is 3. The zero-order valence-electron chi connectivity index (χ0n) is 13.6. The molecule has 0 saturated carbocycles. The van der Waals surface area contributed by atoms with Crippen LogP contribution in [0, 0.1) is 0 Å². The minimum absolute atomic E-state index is 0.364. The molecule has 1 unspecified atom stereocenters. The summed E-state index contributed by atoms with van der Waals surface area (Å²) in [6.45, 7) is 1.84. The summed E-state index contributed by atoms with van der Waals surface area (Å²) in [5, 5.41) is 7.36. The number of nitrogens with zero attached hydrogens (tertiary/aromatic N) is 4. The molecule has 2 heterocycles. The molecule has 1 aliphatic rings. The van der Waals surface area contributed by atoms with Gasteiger partial charge < -0.3 is 15.0 Å². The number of fused-ring (bicyclic) bond motifs is 1. The van der Waals surface area contributed by atoms with Gasteiger partial charge in [0.25, 0.3) is 0 Å². The van der Waals surface area contributed by atoms with E-state index in [9.17, 15) is 4.79 Å². The number of hydrogen-bond donors (Lipinski definition) is 1. The van der Waals surface area contributed by atoms with E-state index in [1.54, 1.807) is 4.68 Å². The Labute approximate surface area is 134 Å². The minimum atomic E-state index is -0.377. The number of anilines is 2. The van der Waals surface area contributed by atoms with Gasteiger partial charge in [-0.1, -0.05) is 12.1 Å². The third kappa shape index (κ3) is 2.54. The van der Waals surface area contributed by atoms with Gasteiger partial charge in [0.2, 0.25) is 5.95 Å². The Morgan fingerprint density at radius 3 is 2.61 bits per heavy atom. The highest BCUT2D eigenvalue weighted by Gasteiger charge is 2.33. The first-order chi connectivity index (χ1) is 11.0. The molecule has 0 amide bonds. The van der Waals surface area contributed by atoms with Gasteiger partial charge in [-0.15, -0.1) is 0 Å². The smallest absolute Gasteiger partial charge is 0.338 e. The van der Waals surface area contributed by atoms with Crippen molar-refractivity contribution in [2.24, 2.45) is 0 Å². The SMILES string of the molecule is COC(=O)C1=C(C)Nc2ncnn2C1c1ccc(N(C)C)cc1. The lowest BCUT2D eigenvalue weighted by Gasteiger charge is -2.28. The van der Waals surface area contributed by atoms with Crippen LogP contribution in [0.5, 0.6) is 0 Å². The molecule has 23 heavy (non-hydrogen) atoms. The van der Waals surface area contributed by atoms with Crippen LogP contribution < -0.4 is 10.2 Å². The van der Waals surface area contributed by atoms with E-state index >= 15 is 0 Å². The Kier molecular flexibility index (Phi) is 3.77. The van der Waals surface area contributed by atoms with Gasteiger partial charge in [0.05, 0.1) is 12.7 Å². The van der Waals surface area contributed by atoms with Crippen LogP contribution in [0.3, 0.4) is 0 Å². The van der Waals surface area contributed by atoms with E-state index in [2.05, 4.69) is 15.4 Å². The average Bonchev–Trinajstić information content (AvgIpc) is 3.00. The molecule has 1 aromatic heterocycles. The van der Waals surface area contributed by atoms with Crippen molar-refractivity contribution >= 4 is 17.6 Å². The number of esters is 1. The van der Waals surface area contributed by atoms with Gasteiger partial charge >= 0.3 is 5.97 Å². The molecule has 1 aliphatic heterocycles. The molecule has 1 N–H and O–H groups in total. The van der Waals surface area contributed by atoms with Crippen molar-refractivity contribution in [2.45, 2.75) is 13.0 Å². The summed E-state index contributed by atoms with van der Waals surface area (Å²) in [7, 11) is 5.35. The van der Waals surface area contributed by atoms with Crippen molar-refractivity contribution in [3.63, 3.8) is 0 Å². The Bertz CT molecular complexity index is 761. The first-order valence-electron chi connectivity index (χ1n) is 7.26. The summed E-state index contributed by atoms with van der Waals surface area (Å²) in [6.07, 6.45) is 1.47. The quantitative estimate of drug-likeness (QED) is 0.871. The first kappa shape index (κ1) is 15.1. The zero-order chi connectivity index (χ0) is 16.6. The van der Waals surface area contributed by atoms with Crippen molar-refractivity contribution in [3.8, 4) is 0 Å². The zero-order valence-corrected chi connectivity index (χ0v) is 13.6. The number of hydrogen-bond acceptors (Lipinski definition) is 6. The van der Waals surface area contributed by atoms with Crippen LogP contribution in [-0.4, -0.2) is 41.9 Å². The normalized spacial score (nSPS) is 16.6. The molecule has 1 atom stereocenters. The standard InChI is InChI=1S/C16H19N5O2/c1-10-13(15(22)23-4)14(21-16(19-10)17-9-18-21)11-5-7-12(8-6-11)20(2)3/h5-9,14H,1-4H3,(H,17,18,19). The van der Waals surface area contributed by atoms with Crippen molar-refractivity contribution in [2.75, 3.05) is 31.4 Å². The Morgan fingerprint density at radius 2 is 2.00 bits per heavy atom. The Balaban J connectivity index is 2.11. The van der Waals surface area contributed by atoms with Crippen LogP contribution in [0.4, 0.5) is 11.6 Å². The van der Waals surface area contributed by atoms with Crippen LogP contribution in [0.2, 0.25) is 0 Å². The predicted octanol–water partition coefficient (Wildman–Crippen LogP) is 1.81. The molecule has 3 rings (SSSR count). The molecule has 1 aromatic carbocycles. The number of aromatic nitrogens is 3. The molecule has 0 radical (unpaired) electrons. The number of benzene rings is 1. The number of ether oxygens (including phenoxy) is 1. The van der Waals surface area contributed by atoms with Gasteiger partial charge in [0.15, 0.2) is 0 Å². The van der Waals surface area contributed by atoms with Gasteiger partial charge in [-0.25, -0.2) is 9.48 Å². The van der Waals surface area contributed by atoms with Crippen molar-refractivity contribution in [3.05, 3.63) is 47.4 Å². The van der Waals surface area contributed by atoms with Crippen molar-refractivity contribution in [1.29, 1.82) is 0 Å². The Morgan fingerprint density at radius 1 is 1.30 bits per heavy atom. The van der Waals surface area contributed by atoms with E-state index in [1.165, 1.54) is 13.4 Å². The van der Waals surface area contributed by atoms with Crippen LogP contribution in [0.15, 0.2) is 41.9 Å². The molecule has 0 fully saturated rings. The molecule has 7 heteroatoms. The van der Waals surface area contributed by atoms with Gasteiger partial charge in [0.1, 0.15) is 12.4 Å². The third-order valence-corrected chi connectivity index (χ3v) is 3.92. The second-order valence-electron chi connectivity index (χ2n) is 5.57. The van der Waals surface area contributed by atoms with E-state index in [1.807, 2.05) is 50.2 Å². The highest BCUT2D eigenvalue weighted by atomic mass is 16.5. The van der Waals surface area contributed by atoms with Gasteiger partial charge in [-0.2, -0.15) is 10.1 Å². The van der Waals surface area contributed by atoms with Crippen LogP contribution in [0.25, 0.3) is 0 Å². The van der Waals surface area contributed by atoms with Crippen LogP contribution >= 0.6 is 0 Å². The number of nitrogens with one attached hydrogen (secondary N) is 1. The summed E-state index contributed by atoms with van der Waals surface area (Å²) in [4.78, 5) is 18.5. The number of carbonyl (C=O) groups is 1. The lowest BCUT2D eigenvalue weighted by Crippen LogP contribution is -2.29. The van der Waals surface area contributed by atoms with Gasteiger partial charge in [-0.05, 0) is 24.6 Å². The van der Waals surface area contributed by atoms with E-state index in [0.717, 1.165) is 16.9 Å². The lowest BCUT2D eigenvalue weighted by molar-refractivity contribution is -0.136. The van der Waals surface area contributed by atoms with E-state index in [-0.39, 0.29) is 12.0 Å². The summed E-state index contributed by atoms with van der Waals surface area (Å²) in [5.74, 6) is 0.231. The van der Waals surface area contributed by atoms with Gasteiger partial charge in [-0.3, -0.25) is 0 Å². The summed E-state index contributed by atoms with van der Waals surface area (Å²) < 4.78 is 6.66. The molecule has 0 bridgehead atoms.